The lowest BCUT2D eigenvalue weighted by Gasteiger charge is -2.28. The maximum atomic E-state index is 12.4. The second-order valence-electron chi connectivity index (χ2n) is 6.60. The molecule has 0 unspecified atom stereocenters. The maximum Gasteiger partial charge on any atom is 0.269 e. The van der Waals surface area contributed by atoms with Crippen LogP contribution in [0.4, 0.5) is 0 Å². The van der Waals surface area contributed by atoms with Crippen molar-refractivity contribution in [2.24, 2.45) is 24.8 Å². The minimum atomic E-state index is 0.0231. The fraction of sp³-hybridized carbons (Fsp3) is 0.750. The van der Waals surface area contributed by atoms with Crippen molar-refractivity contribution < 1.29 is 4.79 Å². The number of hydrogen-bond acceptors (Lipinski definition) is 2. The van der Waals surface area contributed by atoms with Gasteiger partial charge in [-0.05, 0) is 56.4 Å². The zero-order chi connectivity index (χ0) is 14.3. The standard InChI is InChI=1S/C16H25N3O/c1-4-13-9-15(19(3)18-13)16(20)17-10(2)14-8-11-5-6-12(14)7-11/h9-12,14H,4-8H2,1-3H3,(H,17,20)/t10-,11+,12+,14+/m1/s1. The molecule has 4 atom stereocenters. The average molecular weight is 275 g/mol. The van der Waals surface area contributed by atoms with E-state index >= 15 is 0 Å². The van der Waals surface area contributed by atoms with Crippen molar-refractivity contribution >= 4 is 5.91 Å². The molecule has 2 aliphatic rings. The molecule has 110 valence electrons. The predicted octanol–water partition coefficient (Wildman–Crippen LogP) is 2.54. The van der Waals surface area contributed by atoms with Crippen molar-refractivity contribution in [2.75, 3.05) is 0 Å². The van der Waals surface area contributed by atoms with Crippen molar-refractivity contribution in [1.82, 2.24) is 15.1 Å². The van der Waals surface area contributed by atoms with Crippen LogP contribution in [-0.4, -0.2) is 21.7 Å². The van der Waals surface area contributed by atoms with Gasteiger partial charge in [0.05, 0.1) is 5.69 Å². The Hall–Kier alpha value is -1.32. The Morgan fingerprint density at radius 2 is 2.30 bits per heavy atom. The van der Waals surface area contributed by atoms with Crippen LogP contribution in [0.25, 0.3) is 0 Å². The first-order chi connectivity index (χ1) is 9.58. The molecule has 0 radical (unpaired) electrons. The zero-order valence-electron chi connectivity index (χ0n) is 12.7. The molecule has 0 saturated heterocycles. The lowest BCUT2D eigenvalue weighted by atomic mass is 9.84. The number of fused-ring (bicyclic) bond motifs is 2. The van der Waals surface area contributed by atoms with Gasteiger partial charge in [0.15, 0.2) is 0 Å². The largest absolute Gasteiger partial charge is 0.348 e. The Kier molecular flexibility index (Phi) is 3.57. The van der Waals surface area contributed by atoms with Crippen LogP contribution in [0.5, 0.6) is 0 Å². The fourth-order valence-corrected chi connectivity index (χ4v) is 4.21. The van der Waals surface area contributed by atoms with Gasteiger partial charge in [0.1, 0.15) is 5.69 Å². The first-order valence-corrected chi connectivity index (χ1v) is 7.92. The third-order valence-corrected chi connectivity index (χ3v) is 5.32. The lowest BCUT2D eigenvalue weighted by Crippen LogP contribution is -2.40. The number of carbonyl (C=O) groups is 1. The Bertz CT molecular complexity index is 508. The molecule has 2 bridgehead atoms. The van der Waals surface area contributed by atoms with Crippen molar-refractivity contribution in [2.45, 2.75) is 52.0 Å². The fourth-order valence-electron chi connectivity index (χ4n) is 4.21. The number of amides is 1. The van der Waals surface area contributed by atoms with E-state index in [0.717, 1.165) is 24.0 Å². The second-order valence-corrected chi connectivity index (χ2v) is 6.60. The van der Waals surface area contributed by atoms with Crippen molar-refractivity contribution in [3.63, 3.8) is 0 Å². The molecule has 1 heterocycles. The highest BCUT2D eigenvalue weighted by atomic mass is 16.2. The van der Waals surface area contributed by atoms with Gasteiger partial charge in [0.25, 0.3) is 5.91 Å². The van der Waals surface area contributed by atoms with Crippen LogP contribution in [0.1, 0.15) is 55.7 Å². The highest BCUT2D eigenvalue weighted by Crippen LogP contribution is 2.49. The summed E-state index contributed by atoms with van der Waals surface area (Å²) in [6.45, 7) is 4.22. The van der Waals surface area contributed by atoms with E-state index < -0.39 is 0 Å². The smallest absolute Gasteiger partial charge is 0.269 e. The average Bonchev–Trinajstić information content (AvgIpc) is 3.12. The molecule has 4 heteroatoms. The van der Waals surface area contributed by atoms with Gasteiger partial charge in [-0.1, -0.05) is 13.3 Å². The van der Waals surface area contributed by atoms with E-state index in [9.17, 15) is 4.79 Å². The summed E-state index contributed by atoms with van der Waals surface area (Å²) in [5.74, 6) is 2.47. The molecule has 1 N–H and O–H groups in total. The van der Waals surface area contributed by atoms with E-state index in [2.05, 4.69) is 24.3 Å². The summed E-state index contributed by atoms with van der Waals surface area (Å²) in [6.07, 6.45) is 6.32. The van der Waals surface area contributed by atoms with Crippen LogP contribution in [0.2, 0.25) is 0 Å². The van der Waals surface area contributed by atoms with Crippen LogP contribution >= 0.6 is 0 Å². The summed E-state index contributed by atoms with van der Waals surface area (Å²) < 4.78 is 1.70. The maximum absolute atomic E-state index is 12.4. The highest BCUT2D eigenvalue weighted by molar-refractivity contribution is 5.92. The highest BCUT2D eigenvalue weighted by Gasteiger charge is 2.42. The van der Waals surface area contributed by atoms with Gasteiger partial charge in [-0.2, -0.15) is 5.10 Å². The van der Waals surface area contributed by atoms with Crippen LogP contribution < -0.4 is 5.32 Å². The first kappa shape index (κ1) is 13.7. The Labute approximate surface area is 120 Å². The van der Waals surface area contributed by atoms with Gasteiger partial charge in [0, 0.05) is 13.1 Å². The van der Waals surface area contributed by atoms with E-state index in [-0.39, 0.29) is 11.9 Å². The zero-order valence-corrected chi connectivity index (χ0v) is 12.7. The molecular weight excluding hydrogens is 250 g/mol. The summed E-state index contributed by atoms with van der Waals surface area (Å²) in [6, 6.07) is 2.18. The molecule has 3 rings (SSSR count). The van der Waals surface area contributed by atoms with E-state index in [4.69, 9.17) is 0 Å². The van der Waals surface area contributed by atoms with Crippen LogP contribution in [0.3, 0.4) is 0 Å². The number of nitrogens with zero attached hydrogens (tertiary/aromatic N) is 2. The van der Waals surface area contributed by atoms with Crippen LogP contribution in [0, 0.1) is 17.8 Å². The minimum Gasteiger partial charge on any atom is -0.348 e. The van der Waals surface area contributed by atoms with E-state index in [1.54, 1.807) is 4.68 Å². The molecule has 2 aliphatic carbocycles. The summed E-state index contributed by atoms with van der Waals surface area (Å²) in [4.78, 5) is 12.4. The van der Waals surface area contributed by atoms with Gasteiger partial charge in [0.2, 0.25) is 0 Å². The van der Waals surface area contributed by atoms with E-state index in [1.807, 2.05) is 13.1 Å². The quantitative estimate of drug-likeness (QED) is 0.918. The Balaban J connectivity index is 1.64. The van der Waals surface area contributed by atoms with Crippen molar-refractivity contribution in [1.29, 1.82) is 0 Å². The molecule has 0 aromatic carbocycles. The predicted molar refractivity (Wildman–Crippen MR) is 78.5 cm³/mol. The SMILES string of the molecule is CCc1cc(C(=O)N[C@H](C)[C@@H]2C[C@H]3CC[C@H]2C3)n(C)n1. The minimum absolute atomic E-state index is 0.0231. The lowest BCUT2D eigenvalue weighted by molar-refractivity contribution is 0.0905. The number of hydrogen-bond donors (Lipinski definition) is 1. The van der Waals surface area contributed by atoms with E-state index in [1.165, 1.54) is 25.7 Å². The number of carbonyl (C=O) groups excluding carboxylic acids is 1. The van der Waals surface area contributed by atoms with E-state index in [0.29, 0.717) is 11.6 Å². The summed E-state index contributed by atoms with van der Waals surface area (Å²) in [7, 11) is 1.84. The molecule has 0 aliphatic heterocycles. The molecule has 20 heavy (non-hydrogen) atoms. The third-order valence-electron chi connectivity index (χ3n) is 5.32. The topological polar surface area (TPSA) is 46.9 Å². The molecular formula is C16H25N3O. The summed E-state index contributed by atoms with van der Waals surface area (Å²) in [5.41, 5.74) is 1.65. The molecule has 1 amide bonds. The molecule has 1 aromatic rings. The number of aromatic nitrogens is 2. The van der Waals surface area contributed by atoms with Gasteiger partial charge in [-0.25, -0.2) is 0 Å². The van der Waals surface area contributed by atoms with Gasteiger partial charge < -0.3 is 5.32 Å². The summed E-state index contributed by atoms with van der Waals surface area (Å²) >= 11 is 0. The molecule has 1 aromatic heterocycles. The van der Waals surface area contributed by atoms with Crippen LogP contribution in [0.15, 0.2) is 6.07 Å². The summed E-state index contributed by atoms with van der Waals surface area (Å²) in [5, 5.41) is 7.55. The number of rotatable bonds is 4. The van der Waals surface area contributed by atoms with Gasteiger partial charge in [-0.3, -0.25) is 9.48 Å². The third kappa shape index (κ3) is 2.36. The molecule has 2 saturated carbocycles. The molecule has 2 fully saturated rings. The van der Waals surface area contributed by atoms with Crippen LogP contribution in [-0.2, 0) is 13.5 Å². The monoisotopic (exact) mass is 275 g/mol. The Morgan fingerprint density at radius 1 is 1.50 bits per heavy atom. The van der Waals surface area contributed by atoms with Crippen molar-refractivity contribution in [3.05, 3.63) is 17.5 Å². The first-order valence-electron chi connectivity index (χ1n) is 7.92. The number of nitrogens with one attached hydrogen (secondary N) is 1. The molecule has 4 nitrogen and oxygen atoms in total. The normalized spacial score (nSPS) is 29.6. The van der Waals surface area contributed by atoms with Gasteiger partial charge >= 0.3 is 0 Å². The molecule has 0 spiro atoms. The number of aryl methyl sites for hydroxylation is 2. The van der Waals surface area contributed by atoms with Crippen molar-refractivity contribution in [3.8, 4) is 0 Å². The Morgan fingerprint density at radius 3 is 2.85 bits per heavy atom. The van der Waals surface area contributed by atoms with Gasteiger partial charge in [-0.15, -0.1) is 0 Å². The second kappa shape index (κ2) is 5.23.